The number of fused-ring (bicyclic) bond motifs is 1. The van der Waals surface area contributed by atoms with Crippen molar-refractivity contribution in [1.82, 2.24) is 14.8 Å². The predicted octanol–water partition coefficient (Wildman–Crippen LogP) is 3.25. The molecule has 140 valence electrons. The summed E-state index contributed by atoms with van der Waals surface area (Å²) in [5.41, 5.74) is 0.470. The summed E-state index contributed by atoms with van der Waals surface area (Å²) in [5, 5.41) is 7.44. The minimum Gasteiger partial charge on any atom is -0.474 e. The molecule has 8 heteroatoms. The largest absolute Gasteiger partial charge is 0.474 e. The van der Waals surface area contributed by atoms with Crippen molar-refractivity contribution in [3.05, 3.63) is 23.6 Å². The quantitative estimate of drug-likeness (QED) is 0.650. The molecule has 0 saturated heterocycles. The van der Waals surface area contributed by atoms with Crippen LogP contribution in [0.25, 0.3) is 11.3 Å². The zero-order valence-electron chi connectivity index (χ0n) is 15.4. The monoisotopic (exact) mass is 362 g/mol. The van der Waals surface area contributed by atoms with Crippen LogP contribution in [-0.4, -0.2) is 39.5 Å². The number of halogens is 1. The molecule has 2 aromatic heterocycles. The molecule has 1 N–H and O–H groups in total. The van der Waals surface area contributed by atoms with Crippen LogP contribution in [0.2, 0.25) is 0 Å². The van der Waals surface area contributed by atoms with Crippen LogP contribution >= 0.6 is 0 Å². The number of nitrogens with one attached hydrogen (secondary N) is 1. The van der Waals surface area contributed by atoms with Crippen LogP contribution < -0.4 is 10.1 Å². The highest BCUT2D eigenvalue weighted by Gasteiger charge is 2.32. The van der Waals surface area contributed by atoms with Crippen molar-refractivity contribution in [2.75, 3.05) is 11.9 Å². The Balaban J connectivity index is 2.08. The van der Waals surface area contributed by atoms with E-state index in [1.54, 1.807) is 23.7 Å². The van der Waals surface area contributed by atoms with E-state index in [2.05, 4.69) is 15.4 Å². The van der Waals surface area contributed by atoms with E-state index in [4.69, 9.17) is 9.47 Å². The number of hydrogen-bond donors (Lipinski definition) is 1. The second-order valence-corrected chi connectivity index (χ2v) is 6.52. The number of rotatable bonds is 5. The Morgan fingerprint density at radius 1 is 1.50 bits per heavy atom. The molecule has 26 heavy (non-hydrogen) atoms. The van der Waals surface area contributed by atoms with E-state index < -0.39 is 11.9 Å². The van der Waals surface area contributed by atoms with Gasteiger partial charge in [-0.15, -0.1) is 0 Å². The normalized spacial score (nSPS) is 16.2. The van der Waals surface area contributed by atoms with Crippen LogP contribution in [0.1, 0.15) is 44.5 Å². The van der Waals surface area contributed by atoms with Crippen molar-refractivity contribution < 1.29 is 18.7 Å². The van der Waals surface area contributed by atoms with Gasteiger partial charge in [0.25, 0.3) is 0 Å². The van der Waals surface area contributed by atoms with Crippen LogP contribution in [0.15, 0.2) is 12.1 Å². The molecule has 0 spiro atoms. The zero-order valence-corrected chi connectivity index (χ0v) is 15.4. The van der Waals surface area contributed by atoms with Crippen molar-refractivity contribution in [1.29, 1.82) is 0 Å². The fourth-order valence-electron chi connectivity index (χ4n) is 2.83. The lowest BCUT2D eigenvalue weighted by atomic mass is 10.1. The van der Waals surface area contributed by atoms with E-state index >= 15 is 0 Å². The minimum absolute atomic E-state index is 0.0548. The maximum absolute atomic E-state index is 14.7. The average molecular weight is 362 g/mol. The van der Waals surface area contributed by atoms with E-state index in [-0.39, 0.29) is 35.6 Å². The summed E-state index contributed by atoms with van der Waals surface area (Å²) in [4.78, 5) is 16.4. The number of anilines is 1. The molecule has 1 aliphatic rings. The Kier molecular flexibility index (Phi) is 5.11. The summed E-state index contributed by atoms with van der Waals surface area (Å²) in [6.45, 7) is 8.30. The fraction of sp³-hybridized carbons (Fsp3) is 0.500. The summed E-state index contributed by atoms with van der Waals surface area (Å²) in [6.07, 6.45) is 0.703. The summed E-state index contributed by atoms with van der Waals surface area (Å²) in [5.74, 6) is -0.542. The number of aryl methyl sites for hydroxylation is 1. The number of aromatic nitrogens is 3. The smallest absolute Gasteiger partial charge is 0.345 e. The van der Waals surface area contributed by atoms with E-state index in [0.29, 0.717) is 18.2 Å². The Hall–Kier alpha value is -2.64. The molecule has 3 rings (SSSR count). The van der Waals surface area contributed by atoms with Gasteiger partial charge in [0, 0.05) is 19.0 Å². The third kappa shape index (κ3) is 3.49. The zero-order chi connectivity index (χ0) is 18.8. The lowest BCUT2D eigenvalue weighted by molar-refractivity contribution is 0.0515. The minimum atomic E-state index is -0.704. The maximum Gasteiger partial charge on any atom is 0.345 e. The molecule has 0 saturated carbocycles. The first-order valence-corrected chi connectivity index (χ1v) is 8.78. The fourth-order valence-corrected chi connectivity index (χ4v) is 2.83. The highest BCUT2D eigenvalue weighted by Crippen LogP contribution is 2.35. The number of carbonyl (C=O) groups is 1. The molecule has 0 fully saturated rings. The number of carbonyl (C=O) groups excluding carboxylic acids is 1. The van der Waals surface area contributed by atoms with Gasteiger partial charge in [0.1, 0.15) is 17.1 Å². The van der Waals surface area contributed by atoms with Crippen LogP contribution in [-0.2, 0) is 11.3 Å². The third-order valence-electron chi connectivity index (χ3n) is 3.99. The first kappa shape index (κ1) is 18.2. The highest BCUT2D eigenvalue weighted by molar-refractivity contribution is 5.99. The van der Waals surface area contributed by atoms with Gasteiger partial charge in [0.15, 0.2) is 0 Å². The van der Waals surface area contributed by atoms with Gasteiger partial charge >= 0.3 is 5.97 Å². The van der Waals surface area contributed by atoms with Crippen LogP contribution in [0.4, 0.5) is 10.2 Å². The van der Waals surface area contributed by atoms with E-state index in [0.717, 1.165) is 6.42 Å². The SMILES string of the molecule is CCOC(=O)c1c(-c2ccc(NC(C)C)nc2F)nn2c1O[C@H](C)CC2. The number of hydrogen-bond acceptors (Lipinski definition) is 6. The number of nitrogens with zero attached hydrogens (tertiary/aromatic N) is 3. The number of esters is 1. The lowest BCUT2D eigenvalue weighted by Crippen LogP contribution is -2.24. The molecule has 0 radical (unpaired) electrons. The van der Waals surface area contributed by atoms with Gasteiger partial charge < -0.3 is 14.8 Å². The standard InChI is InChI=1S/C18H23FN4O3/c1-5-25-18(24)14-15(22-23-9-8-11(4)26-17(14)23)12-6-7-13(20-10(2)3)21-16(12)19/h6-7,10-11H,5,8-9H2,1-4H3,(H,20,21)/t11-/m1/s1. The Labute approximate surface area is 151 Å². The lowest BCUT2D eigenvalue weighted by Gasteiger charge is -2.21. The Morgan fingerprint density at radius 2 is 2.27 bits per heavy atom. The summed E-state index contributed by atoms with van der Waals surface area (Å²) in [7, 11) is 0. The van der Waals surface area contributed by atoms with Crippen LogP contribution in [0.5, 0.6) is 5.88 Å². The summed E-state index contributed by atoms with van der Waals surface area (Å²) in [6, 6.07) is 3.35. The molecular formula is C18H23FN4O3. The molecule has 7 nitrogen and oxygen atoms in total. The molecule has 2 aromatic rings. The van der Waals surface area contributed by atoms with Crippen molar-refractivity contribution in [3.63, 3.8) is 0 Å². The van der Waals surface area contributed by atoms with Gasteiger partial charge in [0.05, 0.1) is 18.3 Å². The van der Waals surface area contributed by atoms with E-state index in [1.807, 2.05) is 20.8 Å². The summed E-state index contributed by atoms with van der Waals surface area (Å²) < 4.78 is 27.2. The van der Waals surface area contributed by atoms with Gasteiger partial charge in [-0.05, 0) is 39.8 Å². The van der Waals surface area contributed by atoms with E-state index in [1.165, 1.54) is 0 Å². The van der Waals surface area contributed by atoms with Crippen molar-refractivity contribution in [3.8, 4) is 17.1 Å². The number of ether oxygens (including phenoxy) is 2. The predicted molar refractivity (Wildman–Crippen MR) is 94.8 cm³/mol. The second kappa shape index (κ2) is 7.31. The Bertz CT molecular complexity index is 819. The van der Waals surface area contributed by atoms with Crippen molar-refractivity contribution in [2.45, 2.75) is 52.8 Å². The average Bonchev–Trinajstić information content (AvgIpc) is 2.92. The maximum atomic E-state index is 14.7. The molecule has 1 atom stereocenters. The van der Waals surface area contributed by atoms with Crippen LogP contribution in [0, 0.1) is 5.95 Å². The van der Waals surface area contributed by atoms with Gasteiger partial charge in [-0.3, -0.25) is 0 Å². The molecule has 1 aliphatic heterocycles. The molecule has 0 unspecified atom stereocenters. The van der Waals surface area contributed by atoms with E-state index in [9.17, 15) is 9.18 Å². The molecular weight excluding hydrogens is 339 g/mol. The van der Waals surface area contributed by atoms with Crippen molar-refractivity contribution in [2.24, 2.45) is 0 Å². The van der Waals surface area contributed by atoms with Gasteiger partial charge in [-0.25, -0.2) is 14.5 Å². The topological polar surface area (TPSA) is 78.3 Å². The molecule has 0 bridgehead atoms. The highest BCUT2D eigenvalue weighted by atomic mass is 19.1. The Morgan fingerprint density at radius 3 is 2.92 bits per heavy atom. The first-order chi connectivity index (χ1) is 12.4. The second-order valence-electron chi connectivity index (χ2n) is 6.52. The number of pyridine rings is 1. The first-order valence-electron chi connectivity index (χ1n) is 8.78. The van der Waals surface area contributed by atoms with Crippen molar-refractivity contribution >= 4 is 11.8 Å². The summed E-state index contributed by atoms with van der Waals surface area (Å²) >= 11 is 0. The van der Waals surface area contributed by atoms with Gasteiger partial charge in [0.2, 0.25) is 11.8 Å². The van der Waals surface area contributed by atoms with Crippen LogP contribution in [0.3, 0.4) is 0 Å². The molecule has 0 amide bonds. The third-order valence-corrected chi connectivity index (χ3v) is 3.99. The molecule has 0 aromatic carbocycles. The molecule has 3 heterocycles. The van der Waals surface area contributed by atoms with Gasteiger partial charge in [-0.2, -0.15) is 9.49 Å². The van der Waals surface area contributed by atoms with Gasteiger partial charge in [-0.1, -0.05) is 0 Å². The molecule has 0 aliphatic carbocycles.